The van der Waals surface area contributed by atoms with Gasteiger partial charge in [-0.2, -0.15) is 0 Å². The Balaban J connectivity index is 2.42. The maximum atomic E-state index is 13.1. The Morgan fingerprint density at radius 2 is 1.41 bits per heavy atom. The molecule has 0 spiro atoms. The predicted octanol–water partition coefficient (Wildman–Crippen LogP) is 4.81. The molecule has 1 aromatic heterocycles. The summed E-state index contributed by atoms with van der Waals surface area (Å²) in [6.45, 7) is 4.55. The first-order chi connectivity index (χ1) is 19.0. The van der Waals surface area contributed by atoms with Crippen LogP contribution in [0.25, 0.3) is 0 Å². The summed E-state index contributed by atoms with van der Waals surface area (Å²) in [4.78, 5) is 41.8. The third kappa shape index (κ3) is 18.9. The monoisotopic (exact) mass is 565 g/mol. The smallest absolute Gasteiger partial charge is 0.242 e. The first kappa shape index (κ1) is 35.1. The van der Waals surface area contributed by atoms with Crippen molar-refractivity contribution in [2.24, 2.45) is 11.5 Å². The number of carbonyl (C=O) groups is 3. The molecule has 0 radical (unpaired) electrons. The molecule has 224 valence electrons. The Kier molecular flexibility index (Phi) is 21.5. The molecule has 0 atom stereocenters. The van der Waals surface area contributed by atoms with Crippen molar-refractivity contribution in [1.29, 1.82) is 0 Å². The summed E-state index contributed by atoms with van der Waals surface area (Å²) in [5.74, 6) is -0.906. The third-order valence-electron chi connectivity index (χ3n) is 6.92. The molecule has 0 fully saturated rings. The van der Waals surface area contributed by atoms with Crippen molar-refractivity contribution >= 4 is 29.1 Å². The van der Waals surface area contributed by atoms with Crippen LogP contribution in [0, 0.1) is 0 Å². The van der Waals surface area contributed by atoms with Gasteiger partial charge < -0.3 is 26.6 Å². The number of primary amides is 1. The Hall–Kier alpha value is -1.97. The first-order valence-electron chi connectivity index (χ1n) is 15.2. The van der Waals surface area contributed by atoms with Gasteiger partial charge in [-0.15, -0.1) is 11.3 Å². The highest BCUT2D eigenvalue weighted by atomic mass is 32.1. The molecule has 0 saturated heterocycles. The molecular weight excluding hydrogens is 510 g/mol. The second-order valence-corrected chi connectivity index (χ2v) is 11.6. The Morgan fingerprint density at radius 3 is 2.00 bits per heavy atom. The van der Waals surface area contributed by atoms with E-state index in [1.54, 1.807) is 4.90 Å². The van der Waals surface area contributed by atoms with Gasteiger partial charge in [0.2, 0.25) is 17.7 Å². The molecule has 0 aromatic carbocycles. The maximum absolute atomic E-state index is 13.1. The normalized spacial score (nSPS) is 11.0. The van der Waals surface area contributed by atoms with Crippen LogP contribution in [-0.2, 0) is 20.9 Å². The Morgan fingerprint density at radius 1 is 0.795 bits per heavy atom. The van der Waals surface area contributed by atoms with E-state index in [2.05, 4.69) is 12.2 Å². The van der Waals surface area contributed by atoms with Crippen LogP contribution in [0.1, 0.15) is 108 Å². The van der Waals surface area contributed by atoms with Gasteiger partial charge in [0.05, 0.1) is 26.2 Å². The summed E-state index contributed by atoms with van der Waals surface area (Å²) < 4.78 is 0. The number of hydrogen-bond acceptors (Lipinski definition) is 6. The second kappa shape index (κ2) is 23.9. The fraction of sp³-hybridized carbons (Fsp3) is 0.767. The molecule has 1 aromatic rings. The van der Waals surface area contributed by atoms with Crippen molar-refractivity contribution in [2.75, 3.05) is 39.3 Å². The number of carbonyl (C=O) groups excluding carboxylic acids is 3. The average Bonchev–Trinajstić information content (AvgIpc) is 3.43. The van der Waals surface area contributed by atoms with E-state index >= 15 is 0 Å². The highest BCUT2D eigenvalue weighted by molar-refractivity contribution is 7.09. The Labute approximate surface area is 241 Å². The summed E-state index contributed by atoms with van der Waals surface area (Å²) >= 11 is 1.52. The van der Waals surface area contributed by atoms with Gasteiger partial charge in [-0.05, 0) is 43.8 Å². The van der Waals surface area contributed by atoms with E-state index in [-0.39, 0.29) is 31.4 Å². The number of nitrogens with two attached hydrogens (primary N) is 2. The fourth-order valence-electron chi connectivity index (χ4n) is 4.59. The quantitative estimate of drug-likeness (QED) is 0.139. The average molecular weight is 566 g/mol. The highest BCUT2D eigenvalue weighted by Gasteiger charge is 2.22. The number of nitrogens with zero attached hydrogens (tertiary/aromatic N) is 2. The number of unbranched alkanes of at least 4 members (excludes halogenated alkanes) is 13. The zero-order valence-corrected chi connectivity index (χ0v) is 25.3. The van der Waals surface area contributed by atoms with Crippen molar-refractivity contribution < 1.29 is 14.4 Å². The minimum atomic E-state index is -0.562. The van der Waals surface area contributed by atoms with Gasteiger partial charge in [0.1, 0.15) is 0 Å². The minimum Gasteiger partial charge on any atom is -0.368 e. The lowest BCUT2D eigenvalue weighted by Gasteiger charge is -2.27. The predicted molar refractivity (Wildman–Crippen MR) is 162 cm³/mol. The van der Waals surface area contributed by atoms with Gasteiger partial charge >= 0.3 is 0 Å². The molecular formula is C30H55N5O3S. The number of amides is 3. The van der Waals surface area contributed by atoms with Crippen LogP contribution in [0.15, 0.2) is 17.5 Å². The molecule has 0 unspecified atom stereocenters. The van der Waals surface area contributed by atoms with Gasteiger partial charge in [0.15, 0.2) is 0 Å². The number of nitrogens with one attached hydrogen (secondary N) is 1. The van der Waals surface area contributed by atoms with Gasteiger partial charge in [-0.3, -0.25) is 14.4 Å². The first-order valence-corrected chi connectivity index (χ1v) is 16.1. The summed E-state index contributed by atoms with van der Waals surface area (Å²) in [5.41, 5.74) is 11.0. The van der Waals surface area contributed by atoms with Crippen molar-refractivity contribution in [3.05, 3.63) is 22.4 Å². The molecule has 39 heavy (non-hydrogen) atoms. The van der Waals surface area contributed by atoms with E-state index in [1.165, 1.54) is 80.4 Å². The number of rotatable bonds is 26. The van der Waals surface area contributed by atoms with Gasteiger partial charge in [0.25, 0.3) is 0 Å². The molecule has 1 rings (SSSR count). The summed E-state index contributed by atoms with van der Waals surface area (Å²) in [6, 6.07) is 3.83. The fourth-order valence-corrected chi connectivity index (χ4v) is 5.31. The van der Waals surface area contributed by atoms with E-state index in [4.69, 9.17) is 11.5 Å². The van der Waals surface area contributed by atoms with E-state index in [9.17, 15) is 14.4 Å². The van der Waals surface area contributed by atoms with Gasteiger partial charge in [0, 0.05) is 11.4 Å². The van der Waals surface area contributed by atoms with Gasteiger partial charge in [-0.1, -0.05) is 90.0 Å². The lowest BCUT2D eigenvalue weighted by Crippen LogP contribution is -2.47. The molecule has 0 bridgehead atoms. The standard InChI is InChI=1S/C30H55N5O3S/c1-2-3-4-5-6-7-8-9-10-12-15-20-33-23-29(37)34(21-16-13-11-14-19-31)26-30(38)35(25-28(32)36)24-27-18-17-22-39-27/h17-18,22,33H,2-16,19-21,23-26,31H2,1H3,(H2,32,36). The molecule has 9 heteroatoms. The van der Waals surface area contributed by atoms with Crippen LogP contribution >= 0.6 is 11.3 Å². The zero-order chi connectivity index (χ0) is 28.6. The largest absolute Gasteiger partial charge is 0.368 e. The molecule has 8 nitrogen and oxygen atoms in total. The van der Waals surface area contributed by atoms with Crippen molar-refractivity contribution in [3.8, 4) is 0 Å². The lowest BCUT2D eigenvalue weighted by molar-refractivity contribution is -0.141. The van der Waals surface area contributed by atoms with Crippen LogP contribution in [0.4, 0.5) is 0 Å². The SMILES string of the molecule is CCCCCCCCCCCCCNCC(=O)N(CCCCCCN)CC(=O)N(CC(N)=O)Cc1cccs1. The molecule has 0 aliphatic carbocycles. The van der Waals surface area contributed by atoms with Crippen LogP contribution in [0.5, 0.6) is 0 Å². The van der Waals surface area contributed by atoms with E-state index in [0.717, 1.165) is 43.5 Å². The third-order valence-corrected chi connectivity index (χ3v) is 7.78. The number of hydrogen-bond donors (Lipinski definition) is 3. The van der Waals surface area contributed by atoms with E-state index in [1.807, 2.05) is 17.5 Å². The van der Waals surface area contributed by atoms with E-state index < -0.39 is 5.91 Å². The summed E-state index contributed by atoms with van der Waals surface area (Å²) in [5, 5.41) is 5.20. The van der Waals surface area contributed by atoms with Crippen LogP contribution in [0.3, 0.4) is 0 Å². The maximum Gasteiger partial charge on any atom is 0.242 e. The van der Waals surface area contributed by atoms with Crippen molar-refractivity contribution in [2.45, 2.75) is 110 Å². The minimum absolute atomic E-state index is 0.0471. The molecule has 0 saturated carbocycles. The van der Waals surface area contributed by atoms with Crippen molar-refractivity contribution in [1.82, 2.24) is 15.1 Å². The van der Waals surface area contributed by atoms with Crippen LogP contribution in [0.2, 0.25) is 0 Å². The lowest BCUT2D eigenvalue weighted by atomic mass is 10.1. The van der Waals surface area contributed by atoms with Crippen LogP contribution < -0.4 is 16.8 Å². The summed E-state index contributed by atoms with van der Waals surface area (Å²) in [6.07, 6.45) is 18.0. The topological polar surface area (TPSA) is 122 Å². The number of thiophene rings is 1. The molecule has 5 N–H and O–H groups in total. The zero-order valence-electron chi connectivity index (χ0n) is 24.5. The summed E-state index contributed by atoms with van der Waals surface area (Å²) in [7, 11) is 0. The van der Waals surface area contributed by atoms with E-state index in [0.29, 0.717) is 19.6 Å². The molecule has 0 aliphatic heterocycles. The molecule has 0 aliphatic rings. The molecule has 3 amide bonds. The van der Waals surface area contributed by atoms with Gasteiger partial charge in [-0.25, -0.2) is 0 Å². The second-order valence-electron chi connectivity index (χ2n) is 10.5. The highest BCUT2D eigenvalue weighted by Crippen LogP contribution is 2.13. The Bertz CT molecular complexity index is 760. The van der Waals surface area contributed by atoms with Crippen LogP contribution in [-0.4, -0.2) is 66.8 Å². The van der Waals surface area contributed by atoms with Crippen molar-refractivity contribution in [3.63, 3.8) is 0 Å². The molecule has 1 heterocycles.